The van der Waals surface area contributed by atoms with Gasteiger partial charge in [0.1, 0.15) is 11.5 Å². The number of carbonyl (C=O) groups is 2. The summed E-state index contributed by atoms with van der Waals surface area (Å²) in [5, 5.41) is 22.1. The van der Waals surface area contributed by atoms with Gasteiger partial charge in [-0.25, -0.2) is 10.2 Å². The van der Waals surface area contributed by atoms with Crippen LogP contribution in [0.25, 0.3) is 17.1 Å². The number of hydrazone groups is 1. The molecule has 0 saturated heterocycles. The number of thioether (sulfide) groups is 1. The van der Waals surface area contributed by atoms with E-state index in [2.05, 4.69) is 20.7 Å². The molecule has 1 amide bonds. The van der Waals surface area contributed by atoms with Crippen LogP contribution in [0.5, 0.6) is 11.5 Å². The number of nitrogens with zero attached hydrogens (tertiary/aromatic N) is 4. The number of aliphatic carboxylic acids is 1. The van der Waals surface area contributed by atoms with E-state index in [0.717, 1.165) is 17.0 Å². The first-order valence-corrected chi connectivity index (χ1v) is 12.7. The summed E-state index contributed by atoms with van der Waals surface area (Å²) in [6.45, 7) is 2.02. The minimum atomic E-state index is -1.09. The van der Waals surface area contributed by atoms with Crippen molar-refractivity contribution >= 4 is 29.9 Å². The third kappa shape index (κ3) is 6.98. The van der Waals surface area contributed by atoms with Crippen LogP contribution in [0.15, 0.2) is 89.1 Å². The monoisotopic (exact) mass is 531 g/mol. The molecule has 0 unspecified atom stereocenters. The Bertz CT molecular complexity index is 1410. The quantitative estimate of drug-likeness (QED) is 0.159. The second-order valence-corrected chi connectivity index (χ2v) is 8.68. The molecule has 0 radical (unpaired) electrons. The number of aromatic nitrogens is 3. The minimum absolute atomic E-state index is 0.0401. The van der Waals surface area contributed by atoms with Gasteiger partial charge in [-0.15, -0.1) is 10.2 Å². The van der Waals surface area contributed by atoms with Crippen molar-refractivity contribution in [1.82, 2.24) is 20.2 Å². The van der Waals surface area contributed by atoms with Gasteiger partial charge in [0.25, 0.3) is 5.91 Å². The fourth-order valence-electron chi connectivity index (χ4n) is 3.42. The SMILES string of the molecule is CCOc1ccc(-n2c(SCC(=O)N/N=C\c3ccccc3OCC(=O)O)nnc2-c2ccccc2)cc1. The molecule has 1 heterocycles. The summed E-state index contributed by atoms with van der Waals surface area (Å²) in [6, 6.07) is 24.1. The van der Waals surface area contributed by atoms with Gasteiger partial charge in [0.2, 0.25) is 0 Å². The summed E-state index contributed by atoms with van der Waals surface area (Å²) in [6.07, 6.45) is 1.40. The zero-order chi connectivity index (χ0) is 26.7. The molecule has 0 fully saturated rings. The van der Waals surface area contributed by atoms with Crippen molar-refractivity contribution in [2.24, 2.45) is 5.10 Å². The maximum Gasteiger partial charge on any atom is 0.341 e. The maximum absolute atomic E-state index is 12.5. The van der Waals surface area contributed by atoms with E-state index in [1.54, 1.807) is 24.3 Å². The molecule has 4 aromatic rings. The summed E-state index contributed by atoms with van der Waals surface area (Å²) in [5.41, 5.74) is 4.73. The normalized spacial score (nSPS) is 10.9. The molecule has 0 saturated carbocycles. The predicted molar refractivity (Wildman–Crippen MR) is 144 cm³/mol. The molecule has 0 aliphatic heterocycles. The first kappa shape index (κ1) is 26.4. The lowest BCUT2D eigenvalue weighted by Gasteiger charge is -2.11. The molecule has 194 valence electrons. The summed E-state index contributed by atoms with van der Waals surface area (Å²) in [5.74, 6) is 0.353. The van der Waals surface area contributed by atoms with Crippen LogP contribution in [-0.4, -0.2) is 56.9 Å². The maximum atomic E-state index is 12.5. The lowest BCUT2D eigenvalue weighted by Crippen LogP contribution is -2.20. The van der Waals surface area contributed by atoms with Gasteiger partial charge in [0.05, 0.1) is 18.6 Å². The Morgan fingerprint density at radius 1 is 1.00 bits per heavy atom. The highest BCUT2D eigenvalue weighted by atomic mass is 32.2. The van der Waals surface area contributed by atoms with Gasteiger partial charge >= 0.3 is 5.97 Å². The third-order valence-corrected chi connectivity index (χ3v) is 6.00. The Hall–Kier alpha value is -4.64. The number of carboxylic acid groups (broad SMARTS) is 1. The first-order valence-electron chi connectivity index (χ1n) is 11.7. The molecule has 2 N–H and O–H groups in total. The van der Waals surface area contributed by atoms with Crippen molar-refractivity contribution in [2.75, 3.05) is 19.0 Å². The number of amides is 1. The average Bonchev–Trinajstić information content (AvgIpc) is 3.36. The van der Waals surface area contributed by atoms with Gasteiger partial charge in [-0.2, -0.15) is 5.10 Å². The van der Waals surface area contributed by atoms with E-state index < -0.39 is 12.6 Å². The summed E-state index contributed by atoms with van der Waals surface area (Å²) < 4.78 is 12.7. The fourth-order valence-corrected chi connectivity index (χ4v) is 4.17. The van der Waals surface area contributed by atoms with Crippen molar-refractivity contribution in [2.45, 2.75) is 12.1 Å². The molecule has 0 aliphatic carbocycles. The zero-order valence-electron chi connectivity index (χ0n) is 20.5. The lowest BCUT2D eigenvalue weighted by atomic mass is 10.2. The Morgan fingerprint density at radius 2 is 1.74 bits per heavy atom. The molecule has 38 heavy (non-hydrogen) atoms. The minimum Gasteiger partial charge on any atom is -0.494 e. The Kier molecular flexibility index (Phi) is 9.08. The number of carboxylic acids is 1. The van der Waals surface area contributed by atoms with Crippen molar-refractivity contribution in [1.29, 1.82) is 0 Å². The summed E-state index contributed by atoms with van der Waals surface area (Å²) in [4.78, 5) is 23.3. The molecule has 0 bridgehead atoms. The van der Waals surface area contributed by atoms with Crippen molar-refractivity contribution in [3.05, 3.63) is 84.4 Å². The highest BCUT2D eigenvalue weighted by Crippen LogP contribution is 2.28. The van der Waals surface area contributed by atoms with Crippen LogP contribution in [-0.2, 0) is 9.59 Å². The smallest absolute Gasteiger partial charge is 0.341 e. The second-order valence-electron chi connectivity index (χ2n) is 7.74. The molecule has 0 spiro atoms. The van der Waals surface area contributed by atoms with Gasteiger partial charge in [-0.1, -0.05) is 54.2 Å². The van der Waals surface area contributed by atoms with E-state index in [4.69, 9.17) is 14.6 Å². The molecular formula is C27H25N5O5S. The van der Waals surface area contributed by atoms with Crippen LogP contribution < -0.4 is 14.9 Å². The van der Waals surface area contributed by atoms with Crippen molar-refractivity contribution < 1.29 is 24.2 Å². The first-order chi connectivity index (χ1) is 18.5. The molecule has 3 aromatic carbocycles. The molecular weight excluding hydrogens is 506 g/mol. The number of hydrogen-bond donors (Lipinski definition) is 2. The topological polar surface area (TPSA) is 128 Å². The number of para-hydroxylation sites is 1. The summed E-state index contributed by atoms with van der Waals surface area (Å²) in [7, 11) is 0. The predicted octanol–water partition coefficient (Wildman–Crippen LogP) is 4.04. The van der Waals surface area contributed by atoms with Gasteiger partial charge in [0, 0.05) is 16.8 Å². The molecule has 11 heteroatoms. The Labute approximate surface area is 223 Å². The largest absolute Gasteiger partial charge is 0.494 e. The van der Waals surface area contributed by atoms with E-state index in [1.807, 2.05) is 66.1 Å². The van der Waals surface area contributed by atoms with Crippen LogP contribution in [0.1, 0.15) is 12.5 Å². The number of benzene rings is 3. The van der Waals surface area contributed by atoms with E-state index in [-0.39, 0.29) is 11.7 Å². The molecule has 0 atom stereocenters. The number of nitrogens with one attached hydrogen (secondary N) is 1. The average molecular weight is 532 g/mol. The van der Waals surface area contributed by atoms with E-state index in [1.165, 1.54) is 18.0 Å². The highest BCUT2D eigenvalue weighted by Gasteiger charge is 2.17. The van der Waals surface area contributed by atoms with E-state index in [9.17, 15) is 9.59 Å². The van der Waals surface area contributed by atoms with Gasteiger partial charge in [0.15, 0.2) is 17.6 Å². The number of ether oxygens (including phenoxy) is 2. The van der Waals surface area contributed by atoms with Crippen LogP contribution in [0.4, 0.5) is 0 Å². The molecule has 4 rings (SSSR count). The van der Waals surface area contributed by atoms with E-state index >= 15 is 0 Å². The second kappa shape index (κ2) is 13.1. The van der Waals surface area contributed by atoms with Crippen LogP contribution >= 0.6 is 11.8 Å². The third-order valence-electron chi connectivity index (χ3n) is 5.07. The fraction of sp³-hybridized carbons (Fsp3) is 0.148. The standard InChI is InChI=1S/C27H25N5O5S/c1-2-36-22-14-12-21(13-15-22)32-26(19-8-4-3-5-9-19)30-31-27(32)38-18-24(33)29-28-16-20-10-6-7-11-23(20)37-17-25(34)35/h3-16H,2,17-18H2,1H3,(H,29,33)(H,34,35)/b28-16-. The van der Waals surface area contributed by atoms with Crippen molar-refractivity contribution in [3.8, 4) is 28.6 Å². The Morgan fingerprint density at radius 3 is 2.47 bits per heavy atom. The Balaban J connectivity index is 1.46. The highest BCUT2D eigenvalue weighted by molar-refractivity contribution is 7.99. The molecule has 0 aliphatic rings. The van der Waals surface area contributed by atoms with E-state index in [0.29, 0.717) is 28.9 Å². The van der Waals surface area contributed by atoms with Crippen LogP contribution in [0.2, 0.25) is 0 Å². The molecule has 1 aromatic heterocycles. The number of carbonyl (C=O) groups excluding carboxylic acids is 1. The van der Waals surface area contributed by atoms with Gasteiger partial charge in [-0.05, 0) is 43.3 Å². The van der Waals surface area contributed by atoms with Crippen LogP contribution in [0.3, 0.4) is 0 Å². The zero-order valence-corrected chi connectivity index (χ0v) is 21.3. The molecule has 10 nitrogen and oxygen atoms in total. The number of hydrogen-bond acceptors (Lipinski definition) is 8. The van der Waals surface area contributed by atoms with Gasteiger partial charge in [-0.3, -0.25) is 9.36 Å². The van der Waals surface area contributed by atoms with Gasteiger partial charge < -0.3 is 14.6 Å². The lowest BCUT2D eigenvalue weighted by molar-refractivity contribution is -0.139. The van der Waals surface area contributed by atoms with Crippen molar-refractivity contribution in [3.63, 3.8) is 0 Å². The van der Waals surface area contributed by atoms with Crippen LogP contribution in [0, 0.1) is 0 Å². The summed E-state index contributed by atoms with van der Waals surface area (Å²) >= 11 is 1.22. The number of rotatable bonds is 12.